The van der Waals surface area contributed by atoms with E-state index in [-0.39, 0.29) is 60.2 Å². The highest BCUT2D eigenvalue weighted by molar-refractivity contribution is 7.99. The third kappa shape index (κ3) is 5.43. The lowest BCUT2D eigenvalue weighted by Gasteiger charge is -2.49. The molecule has 2 aromatic rings. The first-order chi connectivity index (χ1) is 18.4. The molecule has 202 valence electrons. The SMILES string of the molecule is C=CCOC(=O)C1=C(CSc2nnnn2CCO)OC[C@@H]2[C@H](NC(=O)/C(=N\OC)c3nsc(N)n3)C(=O)N12. The van der Waals surface area contributed by atoms with Gasteiger partial charge in [0.2, 0.25) is 16.7 Å². The van der Waals surface area contributed by atoms with Gasteiger partial charge in [0.1, 0.15) is 38.2 Å². The monoisotopic (exact) mass is 566 g/mol. The third-order valence-electron chi connectivity index (χ3n) is 5.16. The second-order valence-corrected chi connectivity index (χ2v) is 9.20. The van der Waals surface area contributed by atoms with E-state index in [0.717, 1.165) is 23.3 Å². The minimum Gasteiger partial charge on any atom is -0.492 e. The van der Waals surface area contributed by atoms with Gasteiger partial charge in [0, 0.05) is 11.5 Å². The minimum atomic E-state index is -1.03. The molecule has 4 rings (SSSR count). The van der Waals surface area contributed by atoms with Crippen LogP contribution in [0, 0.1) is 0 Å². The van der Waals surface area contributed by atoms with Crippen molar-refractivity contribution in [3.63, 3.8) is 0 Å². The van der Waals surface area contributed by atoms with Crippen LogP contribution in [0.2, 0.25) is 0 Å². The Bertz CT molecular complexity index is 1290. The number of nitrogens with one attached hydrogen (secondary N) is 1. The maximum absolute atomic E-state index is 13.2. The van der Waals surface area contributed by atoms with Crippen LogP contribution < -0.4 is 11.1 Å². The van der Waals surface area contributed by atoms with Gasteiger partial charge >= 0.3 is 5.97 Å². The number of aromatic nitrogens is 6. The number of ether oxygens (including phenoxy) is 2. The van der Waals surface area contributed by atoms with Gasteiger partial charge < -0.3 is 30.5 Å². The summed E-state index contributed by atoms with van der Waals surface area (Å²) in [6.45, 7) is 3.41. The number of tetrazole rings is 1. The molecule has 2 aliphatic heterocycles. The highest BCUT2D eigenvalue weighted by atomic mass is 32.2. The van der Waals surface area contributed by atoms with Crippen LogP contribution in [0.4, 0.5) is 5.13 Å². The molecule has 0 radical (unpaired) electrons. The molecule has 0 unspecified atom stereocenters. The smallest absolute Gasteiger partial charge is 0.358 e. The molecule has 38 heavy (non-hydrogen) atoms. The molecule has 4 N–H and O–H groups in total. The van der Waals surface area contributed by atoms with E-state index < -0.39 is 29.9 Å². The summed E-state index contributed by atoms with van der Waals surface area (Å²) in [5.74, 6) is -1.96. The maximum atomic E-state index is 13.2. The molecule has 0 saturated carbocycles. The number of carbonyl (C=O) groups excluding carboxylic acids is 3. The molecule has 0 aliphatic carbocycles. The number of hydrogen-bond donors (Lipinski definition) is 3. The average molecular weight is 567 g/mol. The van der Waals surface area contributed by atoms with E-state index in [0.29, 0.717) is 5.16 Å². The number of nitrogens with zero attached hydrogens (tertiary/aromatic N) is 8. The highest BCUT2D eigenvalue weighted by Crippen LogP contribution is 2.35. The Balaban J connectivity index is 1.53. The summed E-state index contributed by atoms with van der Waals surface area (Å²) in [6, 6.07) is -1.74. The van der Waals surface area contributed by atoms with Gasteiger partial charge in [-0.2, -0.15) is 9.36 Å². The van der Waals surface area contributed by atoms with Crippen molar-refractivity contribution in [2.24, 2.45) is 5.16 Å². The third-order valence-corrected chi connectivity index (χ3v) is 6.66. The van der Waals surface area contributed by atoms with Crippen molar-refractivity contribution in [1.29, 1.82) is 0 Å². The van der Waals surface area contributed by atoms with Crippen LogP contribution in [0.5, 0.6) is 0 Å². The topological polar surface area (TPSA) is 222 Å². The van der Waals surface area contributed by atoms with Crippen LogP contribution in [-0.4, -0.2) is 108 Å². The summed E-state index contributed by atoms with van der Waals surface area (Å²) in [5.41, 5.74) is 5.21. The molecule has 1 saturated heterocycles. The number of β-lactam (4-membered cyclic amide) rings is 1. The predicted octanol–water partition coefficient (Wildman–Crippen LogP) is -2.09. The zero-order valence-electron chi connectivity index (χ0n) is 19.8. The van der Waals surface area contributed by atoms with Crippen LogP contribution in [-0.2, 0) is 35.2 Å². The number of rotatable bonds is 12. The Morgan fingerprint density at radius 1 is 1.47 bits per heavy atom. The van der Waals surface area contributed by atoms with Crippen molar-refractivity contribution in [2.45, 2.75) is 23.8 Å². The highest BCUT2D eigenvalue weighted by Gasteiger charge is 2.55. The molecule has 4 heterocycles. The van der Waals surface area contributed by atoms with E-state index in [1.54, 1.807) is 0 Å². The second kappa shape index (κ2) is 12.0. The van der Waals surface area contributed by atoms with E-state index >= 15 is 0 Å². The van der Waals surface area contributed by atoms with Crippen molar-refractivity contribution < 1.29 is 33.8 Å². The Kier molecular flexibility index (Phi) is 8.48. The molecule has 1 fully saturated rings. The number of hydrogen-bond acceptors (Lipinski definition) is 16. The zero-order valence-corrected chi connectivity index (χ0v) is 21.5. The van der Waals surface area contributed by atoms with Crippen LogP contribution in [0.25, 0.3) is 0 Å². The van der Waals surface area contributed by atoms with Gasteiger partial charge in [-0.3, -0.25) is 14.5 Å². The number of fused-ring (bicyclic) bond motifs is 1. The van der Waals surface area contributed by atoms with E-state index in [2.05, 4.69) is 41.9 Å². The number of aliphatic hydroxyl groups excluding tert-OH is 1. The van der Waals surface area contributed by atoms with Gasteiger partial charge in [-0.05, 0) is 10.4 Å². The molecule has 2 aliphatic rings. The Morgan fingerprint density at radius 2 is 2.29 bits per heavy atom. The Hall–Kier alpha value is -4.10. The zero-order chi connectivity index (χ0) is 27.2. The minimum absolute atomic E-state index is 0.0228. The number of nitrogens with two attached hydrogens (primary N) is 1. The molecule has 2 aromatic heterocycles. The number of amides is 2. The number of oxime groups is 1. The Morgan fingerprint density at radius 3 is 2.97 bits per heavy atom. The lowest BCUT2D eigenvalue weighted by molar-refractivity contribution is -0.161. The quantitative estimate of drug-likeness (QED) is 0.0626. The first-order valence-corrected chi connectivity index (χ1v) is 12.6. The largest absolute Gasteiger partial charge is 0.492 e. The molecule has 0 bridgehead atoms. The molecule has 19 heteroatoms. The van der Waals surface area contributed by atoms with Gasteiger partial charge in [0.15, 0.2) is 10.8 Å². The van der Waals surface area contributed by atoms with Crippen molar-refractivity contribution in [1.82, 2.24) is 39.8 Å². The number of carbonyl (C=O) groups is 3. The summed E-state index contributed by atoms with van der Waals surface area (Å²) < 4.78 is 16.4. The number of nitrogen functional groups attached to an aromatic ring is 1. The van der Waals surface area contributed by atoms with E-state index in [1.165, 1.54) is 22.8 Å². The first kappa shape index (κ1) is 26.9. The Labute approximate surface area is 222 Å². The van der Waals surface area contributed by atoms with Gasteiger partial charge in [0.25, 0.3) is 11.8 Å². The van der Waals surface area contributed by atoms with Crippen molar-refractivity contribution in [3.05, 3.63) is 29.9 Å². The van der Waals surface area contributed by atoms with Crippen molar-refractivity contribution in [3.8, 4) is 0 Å². The van der Waals surface area contributed by atoms with Gasteiger partial charge in [-0.1, -0.05) is 29.6 Å². The normalized spacial score (nSPS) is 18.8. The van der Waals surface area contributed by atoms with E-state index in [4.69, 9.17) is 25.2 Å². The van der Waals surface area contributed by atoms with Gasteiger partial charge in [0.05, 0.1) is 18.9 Å². The predicted molar refractivity (Wildman–Crippen MR) is 130 cm³/mol. The summed E-state index contributed by atoms with van der Waals surface area (Å²) >= 11 is 2.00. The second-order valence-electron chi connectivity index (χ2n) is 7.47. The van der Waals surface area contributed by atoms with Crippen molar-refractivity contribution in [2.75, 3.05) is 38.4 Å². The van der Waals surface area contributed by atoms with E-state index in [1.807, 2.05) is 0 Å². The van der Waals surface area contributed by atoms with Crippen LogP contribution in [0.15, 0.2) is 34.4 Å². The molecular formula is C19H22N10O7S2. The standard InChI is InChI=1S/C19H22N10O7S2/c1-3-6-35-17(33)13-10(8-37-19-23-26-27-28(19)4-5-30)36-7-9-11(16(32)29(9)13)21-15(31)12(24-34-2)14-22-18(20)38-25-14/h3,9,11,30H,1,4-8H2,2H3,(H,21,31)(H2,20,22,25)/b24-12-/t9-,11+/m1/s1. The van der Waals surface area contributed by atoms with Crippen LogP contribution >= 0.6 is 23.3 Å². The summed E-state index contributed by atoms with van der Waals surface area (Å²) in [4.78, 5) is 48.8. The number of esters is 1. The lowest BCUT2D eigenvalue weighted by atomic mass is 9.92. The molecular weight excluding hydrogens is 544 g/mol. The fraction of sp³-hybridized carbons (Fsp3) is 0.421. The fourth-order valence-electron chi connectivity index (χ4n) is 3.54. The molecule has 17 nitrogen and oxygen atoms in total. The first-order valence-electron chi connectivity index (χ1n) is 10.9. The number of thioether (sulfide) groups is 1. The number of aliphatic hydroxyl groups is 1. The van der Waals surface area contributed by atoms with Gasteiger partial charge in [-0.15, -0.1) is 5.10 Å². The van der Waals surface area contributed by atoms with Gasteiger partial charge in [-0.25, -0.2) is 9.48 Å². The summed E-state index contributed by atoms with van der Waals surface area (Å²) in [5, 5.41) is 27.1. The van der Waals surface area contributed by atoms with Crippen LogP contribution in [0.1, 0.15) is 5.82 Å². The summed E-state index contributed by atoms with van der Waals surface area (Å²) in [6.07, 6.45) is 1.38. The average Bonchev–Trinajstić information content (AvgIpc) is 3.55. The number of anilines is 1. The van der Waals surface area contributed by atoms with E-state index in [9.17, 15) is 14.4 Å². The summed E-state index contributed by atoms with van der Waals surface area (Å²) in [7, 11) is 1.24. The molecule has 2 amide bonds. The maximum Gasteiger partial charge on any atom is 0.358 e. The lowest BCUT2D eigenvalue weighted by Crippen LogP contribution is -2.73. The molecule has 0 spiro atoms. The fourth-order valence-corrected chi connectivity index (χ4v) is 4.83. The molecule has 0 aromatic carbocycles. The van der Waals surface area contributed by atoms with Crippen LogP contribution in [0.3, 0.4) is 0 Å². The molecule has 2 atom stereocenters. The van der Waals surface area contributed by atoms with Crippen molar-refractivity contribution >= 4 is 51.9 Å².